The van der Waals surface area contributed by atoms with Crippen molar-refractivity contribution in [3.63, 3.8) is 0 Å². The summed E-state index contributed by atoms with van der Waals surface area (Å²) in [6.45, 7) is 9.64. The fraction of sp³-hybridized carbons (Fsp3) is 0.818. The molecule has 3 rings (SSSR count). The van der Waals surface area contributed by atoms with Crippen LogP contribution >= 0.6 is 47.8 Å². The molecule has 2 saturated heterocycles. The number of hydrogen-bond donors (Lipinski definition) is 6. The SMILES string of the molecule is CCCCCC(OC(=O)Br)C(O)C/C=C\CCCCCCCC(=O)OCOC(=O)CCCCCCC/C=C\CC(O)C(CCCCC)OC(=O)CBr.CCCCCC1CC1C/C=C\CCCCCCCC(=O)OCOC(=O)CCCCCCC/C=C\CC1OC1CCCCC.CCCCCC1OC1C/C=C\CCCCCCCC(=O)O.O=C(O)CBr.OCO. The van der Waals surface area contributed by atoms with Crippen LogP contribution in [0.2, 0.25) is 0 Å². The molecular formula is C99H173Br3O22. The van der Waals surface area contributed by atoms with Crippen LogP contribution in [0.4, 0.5) is 4.79 Å². The van der Waals surface area contributed by atoms with Gasteiger partial charge in [-0.2, -0.15) is 0 Å². The molecule has 25 heteroatoms. The third-order valence-corrected chi connectivity index (χ3v) is 23.1. The predicted octanol–water partition coefficient (Wildman–Crippen LogP) is 25.9. The molecule has 0 amide bonds. The van der Waals surface area contributed by atoms with E-state index in [4.69, 9.17) is 58.3 Å². The number of carbonyl (C=O) groups is 8. The van der Waals surface area contributed by atoms with Crippen molar-refractivity contribution in [2.75, 3.05) is 31.0 Å². The number of aliphatic carboxylic acids is 2. The lowest BCUT2D eigenvalue weighted by Gasteiger charge is -2.22. The van der Waals surface area contributed by atoms with Gasteiger partial charge >= 0.3 is 46.7 Å². The van der Waals surface area contributed by atoms with E-state index in [0.717, 1.165) is 211 Å². The molecule has 0 bridgehead atoms. The Morgan fingerprint density at radius 1 is 0.339 bits per heavy atom. The number of allylic oxidation sites excluding steroid dienone is 6. The van der Waals surface area contributed by atoms with Gasteiger partial charge in [-0.25, -0.2) is 4.79 Å². The van der Waals surface area contributed by atoms with Gasteiger partial charge in [-0.05, 0) is 185 Å². The van der Waals surface area contributed by atoms with E-state index in [1.54, 1.807) is 0 Å². The van der Waals surface area contributed by atoms with Gasteiger partial charge < -0.3 is 68.5 Å². The van der Waals surface area contributed by atoms with Crippen molar-refractivity contribution in [3.8, 4) is 0 Å². The zero-order valence-electron chi connectivity index (χ0n) is 77.6. The number of aliphatic hydroxyl groups excluding tert-OH is 3. The maximum Gasteiger partial charge on any atom is 0.374 e. The van der Waals surface area contributed by atoms with Crippen LogP contribution in [0.3, 0.4) is 0 Å². The number of aliphatic hydroxyl groups is 4. The molecule has 0 aromatic carbocycles. The van der Waals surface area contributed by atoms with E-state index in [1.165, 1.54) is 135 Å². The molecule has 1 saturated carbocycles. The van der Waals surface area contributed by atoms with Crippen LogP contribution in [0.15, 0.2) is 60.8 Å². The summed E-state index contributed by atoms with van der Waals surface area (Å²) in [4.78, 5) is 89.7. The van der Waals surface area contributed by atoms with Gasteiger partial charge in [0, 0.05) is 48.0 Å². The lowest BCUT2D eigenvalue weighted by atomic mass is 10.0. The number of ether oxygens (including phenoxy) is 8. The first-order valence-electron chi connectivity index (χ1n) is 48.6. The van der Waals surface area contributed by atoms with Crippen molar-refractivity contribution >= 4 is 94.5 Å². The zero-order chi connectivity index (χ0) is 91.8. The van der Waals surface area contributed by atoms with Gasteiger partial charge in [0.2, 0.25) is 13.6 Å². The summed E-state index contributed by atoms with van der Waals surface area (Å²) in [5.74, 6) is -1.14. The van der Waals surface area contributed by atoms with Gasteiger partial charge in [-0.1, -0.05) is 313 Å². The summed E-state index contributed by atoms with van der Waals surface area (Å²) in [6, 6.07) is 0. The second-order valence-corrected chi connectivity index (χ2v) is 35.1. The van der Waals surface area contributed by atoms with E-state index in [9.17, 15) is 48.6 Å². The highest BCUT2D eigenvalue weighted by Gasteiger charge is 2.38. The standard InChI is InChI=1S/C40H68Br2O10.C38H66O5.C18H32O3.C2H3BrO2.CH4O2/c1-3-5-19-27-35(51-39(47)31-41)33(43)25-21-15-11-7-9-13-17-23-29-37(45)49-32-50-38(46)30-24-18-14-10-8-12-16-22-26-34(44)36(52-40(42)48)28-20-6-4-2;1-3-5-19-25-33-31-34(33)26-21-15-11-7-9-13-17-23-29-37(39)41-32-42-38(40)30-24-18-14-10-8-12-16-22-28-36-35(43-36)27-20-6-4-2;1-2-3-10-13-16-17(21-16)14-11-8-6-4-5-7-9-12-15-18(19)20;3-1-2(4)5;2-1-3/h15-16,21-22,33-36,43-44H,3-14,17-20,23-32H2,1-2H3;15-16,21-22,33-36H,3-14,17-20,23-32H2,1-2H3;8,11,16-17H,2-7,9-10,12-15H2,1H3,(H,19,20);1H2,(H,4,5);2-3H,1H2/b2*21-15-,22-16-;11-8-;;. The zero-order valence-corrected chi connectivity index (χ0v) is 82.3. The number of unbranched alkanes of at least 4 members (excludes halogenated alkanes) is 35. The Labute approximate surface area is 775 Å². The number of rotatable bonds is 80. The number of carboxylic acids is 2. The normalized spacial score (nSPS) is 17.1. The van der Waals surface area contributed by atoms with Crippen molar-refractivity contribution < 1.29 is 107 Å². The molecule has 3 aliphatic rings. The number of carboxylic acid groups (broad SMARTS) is 2. The maximum absolute atomic E-state index is 12.0. The van der Waals surface area contributed by atoms with E-state index >= 15 is 0 Å². The minimum absolute atomic E-state index is 0.0347. The lowest BCUT2D eigenvalue weighted by Crippen LogP contribution is -2.31. The maximum atomic E-state index is 12.0. The largest absolute Gasteiger partial charge is 0.481 e. The third kappa shape index (κ3) is 87.0. The van der Waals surface area contributed by atoms with E-state index in [1.807, 2.05) is 12.2 Å². The lowest BCUT2D eigenvalue weighted by molar-refractivity contribution is -0.169. The fourth-order valence-corrected chi connectivity index (χ4v) is 14.6. The average molecular weight is 1960 g/mol. The van der Waals surface area contributed by atoms with Crippen LogP contribution in [0.25, 0.3) is 0 Å². The Morgan fingerprint density at radius 2 is 0.637 bits per heavy atom. The molecule has 0 spiro atoms. The molecule has 0 aromatic heterocycles. The third-order valence-electron chi connectivity index (χ3n) is 22.0. The highest BCUT2D eigenvalue weighted by atomic mass is 79.9. The molecule has 22 nitrogen and oxygen atoms in total. The summed E-state index contributed by atoms with van der Waals surface area (Å²) >= 11 is 8.61. The molecule has 2 heterocycles. The van der Waals surface area contributed by atoms with Crippen molar-refractivity contribution in [1.82, 2.24) is 0 Å². The summed E-state index contributed by atoms with van der Waals surface area (Å²) in [5.41, 5.74) is 0. The van der Waals surface area contributed by atoms with Crippen LogP contribution in [-0.4, -0.2) is 157 Å². The average Bonchev–Trinajstić information content (AvgIpc) is 1.72. The molecule has 10 unspecified atom stereocenters. The van der Waals surface area contributed by atoms with E-state index < -0.39 is 48.0 Å². The molecule has 0 radical (unpaired) electrons. The van der Waals surface area contributed by atoms with E-state index in [-0.39, 0.29) is 54.1 Å². The number of halogens is 3. The van der Waals surface area contributed by atoms with Gasteiger partial charge in [0.05, 0.1) is 36.6 Å². The minimum atomic E-state index is -0.829. The fourth-order valence-electron chi connectivity index (χ4n) is 14.3. The molecule has 10 atom stereocenters. The molecule has 2 aliphatic heterocycles. The topological polar surface area (TPSA) is 338 Å². The summed E-state index contributed by atoms with van der Waals surface area (Å²) in [7, 11) is 0. The Morgan fingerprint density at radius 3 is 0.960 bits per heavy atom. The van der Waals surface area contributed by atoms with Gasteiger partial charge in [0.1, 0.15) is 29.7 Å². The molecule has 1 aliphatic carbocycles. The molecule has 124 heavy (non-hydrogen) atoms. The van der Waals surface area contributed by atoms with Crippen LogP contribution in [0.5, 0.6) is 0 Å². The Balaban J connectivity index is 0. The van der Waals surface area contributed by atoms with Gasteiger partial charge in [-0.15, -0.1) is 0 Å². The number of hydrogen-bond acceptors (Lipinski definition) is 20. The smallest absolute Gasteiger partial charge is 0.374 e. The highest BCUT2D eigenvalue weighted by molar-refractivity contribution is 9.18. The molecule has 3 fully saturated rings. The molecule has 6 N–H and O–H groups in total. The first-order valence-corrected chi connectivity index (χ1v) is 51.6. The van der Waals surface area contributed by atoms with Gasteiger partial charge in [-0.3, -0.25) is 33.6 Å². The Hall–Kier alpha value is -4.34. The van der Waals surface area contributed by atoms with E-state index in [0.29, 0.717) is 82.2 Å². The second kappa shape index (κ2) is 92.0. The van der Waals surface area contributed by atoms with Gasteiger partial charge in [0.25, 0.3) is 0 Å². The van der Waals surface area contributed by atoms with E-state index in [2.05, 4.69) is 131 Å². The van der Waals surface area contributed by atoms with Crippen molar-refractivity contribution in [3.05, 3.63) is 60.8 Å². The van der Waals surface area contributed by atoms with Crippen LogP contribution in [0.1, 0.15) is 426 Å². The Bertz CT molecular complexity index is 2630. The summed E-state index contributed by atoms with van der Waals surface area (Å²) < 4.78 is 42.3. The predicted molar refractivity (Wildman–Crippen MR) is 507 cm³/mol. The molecule has 0 aromatic rings. The summed E-state index contributed by atoms with van der Waals surface area (Å²) in [5, 5.41) is 51.5. The van der Waals surface area contributed by atoms with Crippen molar-refractivity contribution in [2.24, 2.45) is 11.8 Å². The number of carbonyl (C=O) groups excluding carboxylic acids is 6. The minimum Gasteiger partial charge on any atom is -0.481 e. The highest BCUT2D eigenvalue weighted by Crippen LogP contribution is 2.45. The molecular weight excluding hydrogens is 1780 g/mol. The first kappa shape index (κ1) is 122. The van der Waals surface area contributed by atoms with Crippen molar-refractivity contribution in [2.45, 2.75) is 475 Å². The Kier molecular flexibility index (Phi) is 90.2. The first-order chi connectivity index (χ1) is 60.2. The number of esters is 5. The van der Waals surface area contributed by atoms with Gasteiger partial charge in [0.15, 0.2) is 0 Å². The second-order valence-electron chi connectivity index (χ2n) is 33.3. The molecule has 722 valence electrons. The van der Waals surface area contributed by atoms with Crippen LogP contribution < -0.4 is 0 Å². The monoisotopic (exact) mass is 1950 g/mol. The van der Waals surface area contributed by atoms with Crippen molar-refractivity contribution in [1.29, 1.82) is 0 Å². The number of epoxide rings is 2. The summed E-state index contributed by atoms with van der Waals surface area (Å²) in [6.07, 6.45) is 83.3. The van der Waals surface area contributed by atoms with Crippen LogP contribution in [-0.2, 0) is 71.5 Å². The number of alkyl halides is 2. The van der Waals surface area contributed by atoms with Crippen LogP contribution in [0, 0.1) is 11.8 Å². The quantitative estimate of drug-likeness (QED) is 0.00481.